The van der Waals surface area contributed by atoms with Crippen LogP contribution in [0, 0.1) is 17.8 Å². The van der Waals surface area contributed by atoms with E-state index in [9.17, 15) is 4.79 Å². The van der Waals surface area contributed by atoms with E-state index in [4.69, 9.17) is 10.9 Å². The summed E-state index contributed by atoms with van der Waals surface area (Å²) in [6, 6.07) is 0. The number of carbonyl (C=O) groups excluding carboxylic acids is 1. The first kappa shape index (κ1) is 12.8. The van der Waals surface area contributed by atoms with Crippen LogP contribution in [0.1, 0.15) is 33.1 Å². The first-order chi connectivity index (χ1) is 7.60. The van der Waals surface area contributed by atoms with Crippen molar-refractivity contribution in [1.82, 2.24) is 5.32 Å². The van der Waals surface area contributed by atoms with Crippen LogP contribution >= 0.6 is 0 Å². The van der Waals surface area contributed by atoms with Crippen LogP contribution in [0.2, 0.25) is 0 Å². The second-order valence-electron chi connectivity index (χ2n) is 4.55. The minimum Gasteiger partial charge on any atom is -0.409 e. The summed E-state index contributed by atoms with van der Waals surface area (Å²) in [5.74, 6) is 0.610. The van der Waals surface area contributed by atoms with Gasteiger partial charge in [0.05, 0.1) is 5.92 Å². The monoisotopic (exact) mass is 227 g/mol. The summed E-state index contributed by atoms with van der Waals surface area (Å²) in [6.07, 6.45) is 3.09. The fraction of sp³-hybridized carbons (Fsp3) is 0.818. The van der Waals surface area contributed by atoms with Crippen molar-refractivity contribution >= 4 is 11.7 Å². The SMILES string of the molecule is CCC(C(=O)NCC(C)C1CC1)C(N)=NO. The Hall–Kier alpha value is -1.26. The molecule has 0 aromatic heterocycles. The van der Waals surface area contributed by atoms with Crippen LogP contribution in [0.15, 0.2) is 5.16 Å². The average molecular weight is 227 g/mol. The fourth-order valence-electron chi connectivity index (χ4n) is 1.82. The number of hydrogen-bond acceptors (Lipinski definition) is 3. The number of rotatable bonds is 6. The average Bonchev–Trinajstić information content (AvgIpc) is 3.10. The molecule has 16 heavy (non-hydrogen) atoms. The maximum absolute atomic E-state index is 11.7. The zero-order valence-corrected chi connectivity index (χ0v) is 9.94. The molecule has 0 radical (unpaired) electrons. The summed E-state index contributed by atoms with van der Waals surface area (Å²) in [5, 5.41) is 14.3. The normalized spacial score (nSPS) is 20.2. The highest BCUT2D eigenvalue weighted by atomic mass is 16.4. The van der Waals surface area contributed by atoms with E-state index in [2.05, 4.69) is 17.4 Å². The lowest BCUT2D eigenvalue weighted by atomic mass is 10.0. The molecule has 0 aliphatic heterocycles. The van der Waals surface area contributed by atoms with Gasteiger partial charge in [0, 0.05) is 6.54 Å². The number of amides is 1. The summed E-state index contributed by atoms with van der Waals surface area (Å²) in [6.45, 7) is 4.66. The van der Waals surface area contributed by atoms with Gasteiger partial charge in [0.1, 0.15) is 0 Å². The van der Waals surface area contributed by atoms with E-state index in [1.807, 2.05) is 6.92 Å². The molecule has 1 rings (SSSR count). The predicted molar refractivity (Wildman–Crippen MR) is 62.1 cm³/mol. The molecule has 0 heterocycles. The van der Waals surface area contributed by atoms with Gasteiger partial charge in [-0.05, 0) is 31.1 Å². The molecule has 0 saturated heterocycles. The minimum absolute atomic E-state index is 0.0147. The Morgan fingerprint density at radius 1 is 1.62 bits per heavy atom. The number of nitrogens with zero attached hydrogens (tertiary/aromatic N) is 1. The Bertz CT molecular complexity index is 274. The van der Waals surface area contributed by atoms with Gasteiger partial charge in [-0.2, -0.15) is 0 Å². The van der Waals surface area contributed by atoms with Crippen molar-refractivity contribution in [2.45, 2.75) is 33.1 Å². The van der Waals surface area contributed by atoms with Gasteiger partial charge < -0.3 is 16.3 Å². The molecular weight excluding hydrogens is 206 g/mol. The van der Waals surface area contributed by atoms with E-state index in [0.717, 1.165) is 5.92 Å². The molecule has 1 aliphatic carbocycles. The number of oxime groups is 1. The van der Waals surface area contributed by atoms with Gasteiger partial charge in [-0.25, -0.2) is 0 Å². The van der Waals surface area contributed by atoms with Crippen molar-refractivity contribution in [3.8, 4) is 0 Å². The maximum Gasteiger partial charge on any atom is 0.230 e. The minimum atomic E-state index is -0.517. The molecule has 0 spiro atoms. The molecule has 1 fully saturated rings. The number of amidine groups is 1. The first-order valence-corrected chi connectivity index (χ1v) is 5.85. The molecule has 1 saturated carbocycles. The summed E-state index contributed by atoms with van der Waals surface area (Å²) in [7, 11) is 0. The topological polar surface area (TPSA) is 87.7 Å². The molecule has 1 aliphatic rings. The lowest BCUT2D eigenvalue weighted by molar-refractivity contribution is -0.123. The zero-order valence-electron chi connectivity index (χ0n) is 9.94. The molecule has 0 aromatic carbocycles. The van der Waals surface area contributed by atoms with Gasteiger partial charge in [-0.15, -0.1) is 0 Å². The van der Waals surface area contributed by atoms with Crippen LogP contribution in [0.5, 0.6) is 0 Å². The second kappa shape index (κ2) is 5.72. The van der Waals surface area contributed by atoms with Crippen LogP contribution in [-0.4, -0.2) is 23.5 Å². The third-order valence-electron chi connectivity index (χ3n) is 3.22. The number of nitrogens with two attached hydrogens (primary N) is 1. The van der Waals surface area contributed by atoms with Crippen molar-refractivity contribution in [2.75, 3.05) is 6.54 Å². The molecule has 5 nitrogen and oxygen atoms in total. The fourth-order valence-corrected chi connectivity index (χ4v) is 1.82. The Balaban J connectivity index is 2.36. The van der Waals surface area contributed by atoms with Gasteiger partial charge in [0.15, 0.2) is 5.84 Å². The predicted octanol–water partition coefficient (Wildman–Crippen LogP) is 0.921. The van der Waals surface area contributed by atoms with Crippen LogP contribution in [-0.2, 0) is 4.79 Å². The van der Waals surface area contributed by atoms with Gasteiger partial charge in [0.25, 0.3) is 0 Å². The zero-order chi connectivity index (χ0) is 12.1. The molecule has 5 heteroatoms. The lowest BCUT2D eigenvalue weighted by Crippen LogP contribution is -2.40. The Morgan fingerprint density at radius 3 is 2.69 bits per heavy atom. The molecule has 92 valence electrons. The van der Waals surface area contributed by atoms with Gasteiger partial charge in [-0.1, -0.05) is 19.0 Å². The molecule has 1 amide bonds. The summed E-state index contributed by atoms with van der Waals surface area (Å²) in [5.41, 5.74) is 5.45. The third-order valence-corrected chi connectivity index (χ3v) is 3.22. The van der Waals surface area contributed by atoms with Crippen molar-refractivity contribution in [2.24, 2.45) is 28.6 Å². The highest BCUT2D eigenvalue weighted by Crippen LogP contribution is 2.36. The number of carbonyl (C=O) groups is 1. The van der Waals surface area contributed by atoms with Gasteiger partial charge in [-0.3, -0.25) is 4.79 Å². The summed E-state index contributed by atoms with van der Waals surface area (Å²) in [4.78, 5) is 11.7. The van der Waals surface area contributed by atoms with E-state index in [1.165, 1.54) is 12.8 Å². The standard InChI is InChI=1S/C11H21N3O2/c1-3-9(10(12)14-16)11(15)13-6-7(2)8-4-5-8/h7-9,16H,3-6H2,1-2H3,(H2,12,14)(H,13,15). The van der Waals surface area contributed by atoms with E-state index >= 15 is 0 Å². The summed E-state index contributed by atoms with van der Waals surface area (Å²) >= 11 is 0. The molecule has 4 N–H and O–H groups in total. The Labute approximate surface area is 96.1 Å². The molecule has 2 unspecified atom stereocenters. The molecule has 0 aromatic rings. The smallest absolute Gasteiger partial charge is 0.230 e. The Kier molecular flexibility index (Phi) is 4.58. The van der Waals surface area contributed by atoms with Crippen LogP contribution in [0.3, 0.4) is 0 Å². The van der Waals surface area contributed by atoms with Gasteiger partial charge >= 0.3 is 0 Å². The quantitative estimate of drug-likeness (QED) is 0.273. The molecule has 0 bridgehead atoms. The van der Waals surface area contributed by atoms with Crippen LogP contribution in [0.4, 0.5) is 0 Å². The van der Waals surface area contributed by atoms with E-state index < -0.39 is 5.92 Å². The highest BCUT2D eigenvalue weighted by Gasteiger charge is 2.29. The molecule has 2 atom stereocenters. The van der Waals surface area contributed by atoms with Crippen LogP contribution in [0.25, 0.3) is 0 Å². The number of hydrogen-bond donors (Lipinski definition) is 3. The Morgan fingerprint density at radius 2 is 2.25 bits per heavy atom. The number of nitrogens with one attached hydrogen (secondary N) is 1. The molecular formula is C11H21N3O2. The van der Waals surface area contributed by atoms with Crippen molar-refractivity contribution in [1.29, 1.82) is 0 Å². The van der Waals surface area contributed by atoms with Gasteiger partial charge in [0.2, 0.25) is 5.91 Å². The largest absolute Gasteiger partial charge is 0.409 e. The van der Waals surface area contributed by atoms with Crippen LogP contribution < -0.4 is 11.1 Å². The van der Waals surface area contributed by atoms with Crippen molar-refractivity contribution in [3.05, 3.63) is 0 Å². The van der Waals surface area contributed by atoms with E-state index in [1.54, 1.807) is 0 Å². The summed E-state index contributed by atoms with van der Waals surface area (Å²) < 4.78 is 0. The highest BCUT2D eigenvalue weighted by molar-refractivity contribution is 6.01. The lowest BCUT2D eigenvalue weighted by Gasteiger charge is -2.16. The van der Waals surface area contributed by atoms with Crippen molar-refractivity contribution < 1.29 is 10.0 Å². The van der Waals surface area contributed by atoms with E-state index in [0.29, 0.717) is 18.9 Å². The maximum atomic E-state index is 11.7. The van der Waals surface area contributed by atoms with E-state index in [-0.39, 0.29) is 11.7 Å². The second-order valence-corrected chi connectivity index (χ2v) is 4.55. The van der Waals surface area contributed by atoms with Crippen molar-refractivity contribution in [3.63, 3.8) is 0 Å². The first-order valence-electron chi connectivity index (χ1n) is 5.85. The third kappa shape index (κ3) is 3.40.